The van der Waals surface area contributed by atoms with Crippen molar-refractivity contribution in [2.24, 2.45) is 0 Å². The first kappa shape index (κ1) is 70.9. The Hall–Kier alpha value is -4.62. The minimum Gasteiger partial charge on any atom is -0.0814 e. The predicted octanol–water partition coefficient (Wildman–Crippen LogP) is 20.3. The molecule has 0 saturated carbocycles. The van der Waals surface area contributed by atoms with Crippen LogP contribution < -0.4 is 10.9 Å². The van der Waals surface area contributed by atoms with Gasteiger partial charge in [-0.15, -0.1) is 0 Å². The molecular weight excluding hydrogens is 731 g/mol. The normalized spacial score (nSPS) is 7.67. The minimum atomic E-state index is 1.20. The van der Waals surface area contributed by atoms with E-state index < -0.39 is 0 Å². The highest BCUT2D eigenvalue weighted by atomic mass is 14.1. The Morgan fingerprint density at radius 3 is 0.459 bits per heavy atom. The van der Waals surface area contributed by atoms with Crippen molar-refractivity contribution in [3.05, 3.63) is 158 Å². The van der Waals surface area contributed by atoms with Crippen molar-refractivity contribution in [1.82, 2.24) is 0 Å². The second-order valence-electron chi connectivity index (χ2n) is 9.28. The smallest absolute Gasteiger partial charge is 0.0814 e. The van der Waals surface area contributed by atoms with Gasteiger partial charge in [-0.3, -0.25) is 0 Å². The van der Waals surface area contributed by atoms with Crippen LogP contribution >= 0.6 is 0 Å². The molecule has 0 heterocycles. The highest BCUT2D eigenvalue weighted by molar-refractivity contribution is 6.67. The fourth-order valence-corrected chi connectivity index (χ4v) is 4.71. The van der Waals surface area contributed by atoms with Crippen LogP contribution in [0, 0.1) is 0 Å². The Bertz CT molecular complexity index is 1440. The third-order valence-corrected chi connectivity index (χ3v) is 6.81. The lowest BCUT2D eigenvalue weighted by Crippen LogP contribution is -2.26. The van der Waals surface area contributed by atoms with E-state index in [1.807, 2.05) is 166 Å². The molecule has 0 unspecified atom stereocenters. The molecule has 0 saturated heterocycles. The lowest BCUT2D eigenvalue weighted by Gasteiger charge is -2.08. The van der Waals surface area contributed by atoms with Crippen molar-refractivity contribution in [1.29, 1.82) is 0 Å². The second-order valence-corrected chi connectivity index (χ2v) is 9.28. The van der Waals surface area contributed by atoms with Crippen molar-refractivity contribution in [3.63, 3.8) is 0 Å². The van der Waals surface area contributed by atoms with Gasteiger partial charge in [0.15, 0.2) is 7.28 Å². The summed E-state index contributed by atoms with van der Waals surface area (Å²) >= 11 is 0. The van der Waals surface area contributed by atoms with E-state index in [9.17, 15) is 0 Å². The van der Waals surface area contributed by atoms with E-state index >= 15 is 0 Å². The number of benzene rings is 6. The summed E-state index contributed by atoms with van der Waals surface area (Å²) in [4.78, 5) is 0. The standard InChI is InChI=1S/C36H26B.12C2H6/c1-3-7-27(8-4-1)29-11-15-31(16-12-29)33-19-23-35(24-20-33)37-36-25-21-34(22-26-36)32-17-13-30(14-18-32)28-9-5-2-6-10-28;12*1-2/h1-26H;12*1-2H3. The van der Waals surface area contributed by atoms with Gasteiger partial charge in [-0.2, -0.15) is 0 Å². The zero-order chi connectivity index (χ0) is 48.9. The number of hydrogen-bond acceptors (Lipinski definition) is 0. The zero-order valence-corrected chi connectivity index (χ0v) is 44.6. The highest BCUT2D eigenvalue weighted by Gasteiger charge is 2.05. The summed E-state index contributed by atoms with van der Waals surface area (Å²) < 4.78 is 0. The van der Waals surface area contributed by atoms with Gasteiger partial charge in [0.25, 0.3) is 0 Å². The van der Waals surface area contributed by atoms with E-state index in [1.54, 1.807) is 0 Å². The molecule has 6 rings (SSSR count). The molecule has 0 bridgehead atoms. The van der Waals surface area contributed by atoms with E-state index in [1.165, 1.54) is 55.4 Å². The first-order valence-electron chi connectivity index (χ1n) is 24.7. The molecule has 0 aliphatic rings. The lowest BCUT2D eigenvalue weighted by atomic mass is 9.64. The largest absolute Gasteiger partial charge is 0.191 e. The Balaban J connectivity index is -0.000000211. The van der Waals surface area contributed by atoms with Gasteiger partial charge in [0.1, 0.15) is 0 Å². The van der Waals surface area contributed by atoms with Gasteiger partial charge in [-0.1, -0.05) is 335 Å². The fourth-order valence-electron chi connectivity index (χ4n) is 4.71. The lowest BCUT2D eigenvalue weighted by molar-refractivity contribution is 1.50. The summed E-state index contributed by atoms with van der Waals surface area (Å²) in [6, 6.07) is 56.2. The first-order valence-corrected chi connectivity index (χ1v) is 24.7. The maximum atomic E-state index is 2.23. The molecule has 0 aliphatic carbocycles. The van der Waals surface area contributed by atoms with Gasteiger partial charge in [0.2, 0.25) is 0 Å². The molecule has 6 aromatic carbocycles. The summed E-state index contributed by atoms with van der Waals surface area (Å²) in [6.07, 6.45) is 0. The predicted molar refractivity (Wildman–Crippen MR) is 296 cm³/mol. The molecule has 0 amide bonds. The molecule has 61 heavy (non-hydrogen) atoms. The highest BCUT2D eigenvalue weighted by Crippen LogP contribution is 2.25. The second kappa shape index (κ2) is 59.7. The quantitative estimate of drug-likeness (QED) is 0.147. The van der Waals surface area contributed by atoms with Gasteiger partial charge < -0.3 is 0 Å². The fraction of sp³-hybridized carbons (Fsp3) is 0.400. The molecule has 0 nitrogen and oxygen atoms in total. The average molecular weight is 830 g/mol. The molecular formula is C60H98B. The Morgan fingerprint density at radius 2 is 0.295 bits per heavy atom. The number of hydrogen-bond donors (Lipinski definition) is 0. The average Bonchev–Trinajstić information content (AvgIpc) is 3.42. The van der Waals surface area contributed by atoms with Crippen molar-refractivity contribution >= 4 is 18.2 Å². The van der Waals surface area contributed by atoms with Crippen molar-refractivity contribution < 1.29 is 0 Å². The third-order valence-electron chi connectivity index (χ3n) is 6.81. The Labute approximate surface area is 385 Å². The van der Waals surface area contributed by atoms with Crippen LogP contribution in [0.4, 0.5) is 0 Å². The van der Waals surface area contributed by atoms with E-state index in [0.717, 1.165) is 0 Å². The Morgan fingerprint density at radius 1 is 0.164 bits per heavy atom. The van der Waals surface area contributed by atoms with Crippen LogP contribution in [-0.4, -0.2) is 7.28 Å². The number of rotatable bonds is 6. The third kappa shape index (κ3) is 31.0. The molecule has 341 valence electrons. The maximum absolute atomic E-state index is 2.23. The van der Waals surface area contributed by atoms with E-state index in [0.29, 0.717) is 0 Å². The molecule has 0 spiro atoms. The molecule has 0 aromatic heterocycles. The molecule has 1 heteroatoms. The SMILES string of the molecule is CC.CC.CC.CC.CC.CC.CC.CC.CC.CC.CC.CC.[B](c1ccc(-c2ccc(-c3ccccc3)cc2)cc1)c1ccc(-c2ccc(-c3ccccc3)cc2)cc1. The van der Waals surface area contributed by atoms with Crippen LogP contribution in [0.1, 0.15) is 166 Å². The Kier molecular flexibility index (Phi) is 69.4. The first-order chi connectivity index (χ1) is 30.3. The molecule has 0 N–H and O–H groups in total. The summed E-state index contributed by atoms with van der Waals surface area (Å²) in [5.74, 6) is 0. The monoisotopic (exact) mass is 830 g/mol. The van der Waals surface area contributed by atoms with Crippen LogP contribution in [0.25, 0.3) is 44.5 Å². The van der Waals surface area contributed by atoms with Gasteiger partial charge in [0, 0.05) is 0 Å². The van der Waals surface area contributed by atoms with Crippen LogP contribution in [0.5, 0.6) is 0 Å². The van der Waals surface area contributed by atoms with Crippen LogP contribution in [0.3, 0.4) is 0 Å². The zero-order valence-electron chi connectivity index (χ0n) is 44.6. The molecule has 0 aliphatic heterocycles. The van der Waals surface area contributed by atoms with Crippen LogP contribution in [0.15, 0.2) is 158 Å². The van der Waals surface area contributed by atoms with Crippen molar-refractivity contribution in [2.45, 2.75) is 166 Å². The van der Waals surface area contributed by atoms with Crippen LogP contribution in [-0.2, 0) is 0 Å². The summed E-state index contributed by atoms with van der Waals surface area (Å²) in [5.41, 5.74) is 12.3. The van der Waals surface area contributed by atoms with Gasteiger partial charge in [-0.05, 0) is 44.5 Å². The topological polar surface area (TPSA) is 0 Å². The van der Waals surface area contributed by atoms with Crippen molar-refractivity contribution in [2.75, 3.05) is 0 Å². The van der Waals surface area contributed by atoms with E-state index in [4.69, 9.17) is 0 Å². The molecule has 1 radical (unpaired) electrons. The summed E-state index contributed by atoms with van der Waals surface area (Å²) in [7, 11) is 2.23. The van der Waals surface area contributed by atoms with E-state index in [2.05, 4.69) is 165 Å². The maximum Gasteiger partial charge on any atom is 0.191 e. The minimum absolute atomic E-state index is 1.20. The molecule has 0 atom stereocenters. The van der Waals surface area contributed by atoms with E-state index in [-0.39, 0.29) is 0 Å². The molecule has 6 aromatic rings. The molecule has 0 fully saturated rings. The summed E-state index contributed by atoms with van der Waals surface area (Å²) in [6.45, 7) is 48.0. The van der Waals surface area contributed by atoms with Gasteiger partial charge in [-0.25, -0.2) is 0 Å². The van der Waals surface area contributed by atoms with Crippen LogP contribution in [0.2, 0.25) is 0 Å². The van der Waals surface area contributed by atoms with Gasteiger partial charge >= 0.3 is 0 Å². The summed E-state index contributed by atoms with van der Waals surface area (Å²) in [5, 5.41) is 0. The van der Waals surface area contributed by atoms with Gasteiger partial charge in [0.05, 0.1) is 0 Å². The van der Waals surface area contributed by atoms with Crippen molar-refractivity contribution in [3.8, 4) is 44.5 Å².